The summed E-state index contributed by atoms with van der Waals surface area (Å²) in [6, 6.07) is 0. The van der Waals surface area contributed by atoms with Crippen LogP contribution in [0.1, 0.15) is 18.7 Å². The van der Waals surface area contributed by atoms with Crippen LogP contribution in [-0.2, 0) is 11.2 Å². The van der Waals surface area contributed by atoms with Crippen molar-refractivity contribution in [2.24, 2.45) is 0 Å². The first kappa shape index (κ1) is 23.4. The van der Waals surface area contributed by atoms with Crippen molar-refractivity contribution >= 4 is 17.6 Å². The summed E-state index contributed by atoms with van der Waals surface area (Å²) in [5, 5.41) is 17.7. The number of tetrazole rings is 1. The van der Waals surface area contributed by atoms with E-state index in [0.717, 1.165) is 44.7 Å². The van der Waals surface area contributed by atoms with E-state index in [1.54, 1.807) is 4.90 Å². The highest BCUT2D eigenvalue weighted by molar-refractivity contribution is 6.21. The van der Waals surface area contributed by atoms with Crippen molar-refractivity contribution in [2.75, 3.05) is 39.3 Å². The van der Waals surface area contributed by atoms with Gasteiger partial charge in [-0.25, -0.2) is 4.79 Å². The minimum absolute atomic E-state index is 0.361. The molecule has 0 aliphatic carbocycles. The molecule has 2 rings (SSSR count). The molecule has 2 N–H and O–H groups in total. The molecule has 0 unspecified atom stereocenters. The monoisotopic (exact) mass is 422 g/mol. The molecule has 1 aromatic heterocycles. The Morgan fingerprint density at radius 3 is 2.11 bits per heavy atom. The highest BCUT2D eigenvalue weighted by Gasteiger charge is 2.38. The summed E-state index contributed by atoms with van der Waals surface area (Å²) in [7, 11) is 0. The molecular weight excluding hydrogens is 403 g/mol. The van der Waals surface area contributed by atoms with Crippen LogP contribution in [0.5, 0.6) is 0 Å². The van der Waals surface area contributed by atoms with Gasteiger partial charge in [0.15, 0.2) is 5.82 Å². The van der Waals surface area contributed by atoms with E-state index in [9.17, 15) is 22.0 Å². The number of aryl methyl sites for hydroxylation is 1. The molecular formula is C13H20ClF5N6O2. The fraction of sp³-hybridized carbons (Fsp3) is 0.846. The van der Waals surface area contributed by atoms with E-state index >= 15 is 0 Å². The Labute approximate surface area is 156 Å². The van der Waals surface area contributed by atoms with Gasteiger partial charge in [0.25, 0.3) is 0 Å². The van der Waals surface area contributed by atoms with Gasteiger partial charge in [0.05, 0.1) is 6.54 Å². The summed E-state index contributed by atoms with van der Waals surface area (Å²) >= 11 is 4.95. The zero-order valence-electron chi connectivity index (χ0n) is 14.2. The maximum absolute atomic E-state index is 12.7. The number of aromatic nitrogens is 4. The first-order valence-corrected chi connectivity index (χ1v) is 8.39. The van der Waals surface area contributed by atoms with E-state index in [0.29, 0.717) is 13.1 Å². The molecule has 156 valence electrons. The smallest absolute Gasteiger partial charge is 0.475 e. The topological polar surface area (TPSA) is 98.2 Å². The lowest BCUT2D eigenvalue weighted by Crippen LogP contribution is -2.49. The van der Waals surface area contributed by atoms with Gasteiger partial charge >= 0.3 is 17.5 Å². The summed E-state index contributed by atoms with van der Waals surface area (Å²) in [5.41, 5.74) is 0. The van der Waals surface area contributed by atoms with Crippen LogP contribution in [0, 0.1) is 0 Å². The van der Waals surface area contributed by atoms with Crippen LogP contribution < -0.4 is 0 Å². The largest absolute Gasteiger partial charge is 0.490 e. The molecule has 1 aromatic rings. The van der Waals surface area contributed by atoms with Gasteiger partial charge in [-0.3, -0.25) is 4.90 Å². The number of carboxylic acid groups (broad SMARTS) is 1. The molecule has 27 heavy (non-hydrogen) atoms. The number of carboxylic acids is 1. The summed E-state index contributed by atoms with van der Waals surface area (Å²) in [5.74, 6) is -2.02. The maximum Gasteiger partial charge on any atom is 0.490 e. The minimum Gasteiger partial charge on any atom is -0.475 e. The third kappa shape index (κ3) is 11.0. The second kappa shape index (κ2) is 10.7. The molecule has 0 radical (unpaired) electrons. The van der Waals surface area contributed by atoms with Gasteiger partial charge < -0.3 is 10.0 Å². The van der Waals surface area contributed by atoms with Gasteiger partial charge in [-0.2, -0.15) is 27.2 Å². The van der Waals surface area contributed by atoms with Crippen molar-refractivity contribution in [3.8, 4) is 0 Å². The second-order valence-electron chi connectivity index (χ2n) is 5.82. The van der Waals surface area contributed by atoms with Gasteiger partial charge in [0.2, 0.25) is 0 Å². The fourth-order valence-corrected chi connectivity index (χ4v) is 2.50. The quantitative estimate of drug-likeness (QED) is 0.391. The van der Waals surface area contributed by atoms with Gasteiger partial charge in [0, 0.05) is 32.6 Å². The summed E-state index contributed by atoms with van der Waals surface area (Å²) < 4.78 is 57.1. The number of piperazine rings is 1. The van der Waals surface area contributed by atoms with E-state index < -0.39 is 17.5 Å². The summed E-state index contributed by atoms with van der Waals surface area (Å²) in [6.45, 7) is 3.54. The molecule has 1 aliphatic rings. The number of rotatable bonds is 7. The number of nitrogens with one attached hydrogen (secondary N) is 1. The maximum atomic E-state index is 12.7. The standard InChI is InChI=1S/C11H19ClF2N6.C2HF3O2/c12-11(13,14)9-20-7-5-19(6-8-20)4-2-1-3-10-15-17-18-16-10;3-2(4,5)1(6)7/h1-9H2,(H,15,16,17,18);(H,6,7). The number of halogens is 6. The van der Waals surface area contributed by atoms with Crippen LogP contribution in [0.3, 0.4) is 0 Å². The summed E-state index contributed by atoms with van der Waals surface area (Å²) in [4.78, 5) is 12.9. The predicted molar refractivity (Wildman–Crippen MR) is 84.5 cm³/mol. The van der Waals surface area contributed by atoms with Crippen molar-refractivity contribution < 1.29 is 31.9 Å². The molecule has 0 bridgehead atoms. The normalized spacial score (nSPS) is 16.7. The predicted octanol–water partition coefficient (Wildman–Crippen LogP) is 1.60. The lowest BCUT2D eigenvalue weighted by Gasteiger charge is -2.35. The minimum atomic E-state index is -5.08. The molecule has 1 fully saturated rings. The average molecular weight is 423 g/mol. The Hall–Kier alpha value is -1.60. The third-order valence-electron chi connectivity index (χ3n) is 3.62. The summed E-state index contributed by atoms with van der Waals surface area (Å²) in [6.07, 6.45) is -2.23. The molecule has 0 aromatic carbocycles. The number of carbonyl (C=O) groups is 1. The van der Waals surface area contributed by atoms with Crippen molar-refractivity contribution in [1.29, 1.82) is 0 Å². The van der Waals surface area contributed by atoms with Crippen LogP contribution >= 0.6 is 11.6 Å². The number of H-pyrrole nitrogens is 1. The van der Waals surface area contributed by atoms with E-state index in [2.05, 4.69) is 25.5 Å². The van der Waals surface area contributed by atoms with Crippen LogP contribution in [-0.4, -0.2) is 92.3 Å². The number of unbranched alkanes of at least 4 members (excludes halogenated alkanes) is 1. The van der Waals surface area contributed by atoms with Crippen molar-refractivity contribution in [3.63, 3.8) is 0 Å². The van der Waals surface area contributed by atoms with E-state index in [4.69, 9.17) is 21.5 Å². The molecule has 0 amide bonds. The lowest BCUT2D eigenvalue weighted by molar-refractivity contribution is -0.192. The molecule has 0 spiro atoms. The lowest BCUT2D eigenvalue weighted by atomic mass is 10.2. The zero-order chi connectivity index (χ0) is 20.5. The van der Waals surface area contributed by atoms with E-state index in [1.165, 1.54) is 0 Å². The third-order valence-corrected chi connectivity index (χ3v) is 3.74. The molecule has 2 heterocycles. The highest BCUT2D eigenvalue weighted by Crippen LogP contribution is 2.20. The fourth-order valence-electron chi connectivity index (χ4n) is 2.33. The highest BCUT2D eigenvalue weighted by atomic mass is 35.5. The number of aromatic amines is 1. The molecule has 8 nitrogen and oxygen atoms in total. The first-order chi connectivity index (χ1) is 12.5. The van der Waals surface area contributed by atoms with Gasteiger partial charge in [-0.05, 0) is 31.0 Å². The number of aliphatic carboxylic acids is 1. The zero-order valence-corrected chi connectivity index (χ0v) is 15.0. The second-order valence-corrected chi connectivity index (χ2v) is 6.37. The Morgan fingerprint density at radius 2 is 1.67 bits per heavy atom. The first-order valence-electron chi connectivity index (χ1n) is 8.01. The van der Waals surface area contributed by atoms with Crippen molar-refractivity contribution in [1.82, 2.24) is 30.4 Å². The number of nitrogens with zero attached hydrogens (tertiary/aromatic N) is 5. The van der Waals surface area contributed by atoms with Crippen LogP contribution in [0.4, 0.5) is 22.0 Å². The van der Waals surface area contributed by atoms with Crippen LogP contribution in [0.25, 0.3) is 0 Å². The Kier molecular flexibility index (Phi) is 9.26. The molecule has 1 aliphatic heterocycles. The number of alkyl halides is 6. The molecule has 1 saturated heterocycles. The van der Waals surface area contributed by atoms with Crippen LogP contribution in [0.15, 0.2) is 0 Å². The van der Waals surface area contributed by atoms with Crippen molar-refractivity contribution in [3.05, 3.63) is 5.82 Å². The molecule has 14 heteroatoms. The Balaban J connectivity index is 0.000000445. The molecule has 0 atom stereocenters. The number of hydrogen-bond donors (Lipinski definition) is 2. The number of hydrogen-bond acceptors (Lipinski definition) is 6. The van der Waals surface area contributed by atoms with Gasteiger partial charge in [-0.15, -0.1) is 10.2 Å². The average Bonchev–Trinajstić information content (AvgIpc) is 3.05. The van der Waals surface area contributed by atoms with Gasteiger partial charge in [0.1, 0.15) is 0 Å². The SMILES string of the molecule is FC(F)(Cl)CN1CCN(CCCCc2nn[nH]n2)CC1.O=C(O)C(F)(F)F. The van der Waals surface area contributed by atoms with Gasteiger partial charge in [-0.1, -0.05) is 5.21 Å². The molecule has 0 saturated carbocycles. The van der Waals surface area contributed by atoms with E-state index in [-0.39, 0.29) is 6.54 Å². The Bertz CT molecular complexity index is 546. The van der Waals surface area contributed by atoms with E-state index in [1.807, 2.05) is 0 Å². The Morgan fingerprint density at radius 1 is 1.11 bits per heavy atom. The van der Waals surface area contributed by atoms with Crippen molar-refractivity contribution in [2.45, 2.75) is 30.8 Å². The van der Waals surface area contributed by atoms with Crippen LogP contribution in [0.2, 0.25) is 0 Å².